The number of nitrogens with zero attached hydrogens (tertiary/aromatic N) is 3. The summed E-state index contributed by atoms with van der Waals surface area (Å²) in [5, 5.41) is 6.88. The Morgan fingerprint density at radius 1 is 0.378 bits per heavy atom. The van der Waals surface area contributed by atoms with Crippen LogP contribution in [0.3, 0.4) is 0 Å². The molecule has 0 spiro atoms. The Hall–Kier alpha value is -6.13. The summed E-state index contributed by atoms with van der Waals surface area (Å²) in [6, 6.07) is 52.1. The summed E-state index contributed by atoms with van der Waals surface area (Å²) in [6.07, 6.45) is 0. The molecule has 0 bridgehead atoms. The summed E-state index contributed by atoms with van der Waals surface area (Å²) in [7, 11) is 0. The first-order valence-corrected chi connectivity index (χ1v) is 15.0. The van der Waals surface area contributed by atoms with E-state index in [-0.39, 0.29) is 0 Å². The van der Waals surface area contributed by atoms with E-state index in [1.54, 1.807) is 0 Å². The van der Waals surface area contributed by atoms with Gasteiger partial charge < -0.3 is 4.42 Å². The van der Waals surface area contributed by atoms with Gasteiger partial charge in [-0.3, -0.25) is 0 Å². The van der Waals surface area contributed by atoms with E-state index in [0.29, 0.717) is 17.5 Å². The van der Waals surface area contributed by atoms with Crippen LogP contribution in [0.1, 0.15) is 0 Å². The van der Waals surface area contributed by atoms with Crippen molar-refractivity contribution in [2.24, 2.45) is 0 Å². The molecule has 4 nitrogen and oxygen atoms in total. The number of benzene rings is 7. The van der Waals surface area contributed by atoms with E-state index in [4.69, 9.17) is 19.4 Å². The van der Waals surface area contributed by atoms with Crippen LogP contribution in [0.15, 0.2) is 156 Å². The zero-order chi connectivity index (χ0) is 29.7. The third-order valence-electron chi connectivity index (χ3n) is 8.52. The minimum absolute atomic E-state index is 0.614. The van der Waals surface area contributed by atoms with Gasteiger partial charge in [0.2, 0.25) is 0 Å². The molecule has 4 heteroatoms. The molecule has 0 radical (unpaired) electrons. The van der Waals surface area contributed by atoms with E-state index in [9.17, 15) is 0 Å². The fourth-order valence-corrected chi connectivity index (χ4v) is 6.39. The third-order valence-corrected chi connectivity index (χ3v) is 8.52. The molecule has 2 aromatic heterocycles. The van der Waals surface area contributed by atoms with E-state index in [1.165, 1.54) is 21.5 Å². The van der Waals surface area contributed by atoms with Crippen LogP contribution in [0.4, 0.5) is 0 Å². The molecule has 0 saturated carbocycles. The molecule has 0 aliphatic carbocycles. The zero-order valence-electron chi connectivity index (χ0n) is 24.2. The van der Waals surface area contributed by atoms with Gasteiger partial charge in [-0.05, 0) is 51.4 Å². The first-order chi connectivity index (χ1) is 22.3. The Kier molecular flexibility index (Phi) is 5.78. The molecule has 45 heavy (non-hydrogen) atoms. The van der Waals surface area contributed by atoms with Gasteiger partial charge in [-0.2, -0.15) is 0 Å². The highest BCUT2D eigenvalue weighted by atomic mass is 16.3. The Balaban J connectivity index is 1.34. The second-order valence-electron chi connectivity index (χ2n) is 11.2. The lowest BCUT2D eigenvalue weighted by molar-refractivity contribution is 0.669. The van der Waals surface area contributed by atoms with Crippen LogP contribution in [0.25, 0.3) is 88.8 Å². The van der Waals surface area contributed by atoms with Crippen molar-refractivity contribution in [3.63, 3.8) is 0 Å². The largest absolute Gasteiger partial charge is 0.456 e. The fourth-order valence-electron chi connectivity index (χ4n) is 6.39. The van der Waals surface area contributed by atoms with Crippen molar-refractivity contribution in [3.8, 4) is 45.3 Å². The molecular weight excluding hydrogens is 550 g/mol. The standard InChI is InChI=1S/C41H25N3O/c1-3-12-28(13-4-1)37-33(23-24-36-38(37)32-17-9-10-18-35(32)45-36)41-43-39(29-14-5-2-6-15-29)42-40(44-41)30-22-21-27-20-19-26-11-7-8-16-31(26)34(27)25-30/h1-25H. The molecule has 2 heterocycles. The van der Waals surface area contributed by atoms with Crippen LogP contribution in [0.5, 0.6) is 0 Å². The van der Waals surface area contributed by atoms with Gasteiger partial charge in [-0.15, -0.1) is 0 Å². The quantitative estimate of drug-likeness (QED) is 0.196. The SMILES string of the molecule is c1ccc(-c2nc(-c3ccc4ccc5ccccc5c4c3)nc(-c3ccc4oc5ccccc5c4c3-c3ccccc3)n2)cc1. The summed E-state index contributed by atoms with van der Waals surface area (Å²) >= 11 is 0. The number of rotatable bonds is 4. The maximum absolute atomic E-state index is 6.31. The van der Waals surface area contributed by atoms with Crippen LogP contribution in [-0.2, 0) is 0 Å². The van der Waals surface area contributed by atoms with E-state index in [1.807, 2.05) is 54.6 Å². The normalized spacial score (nSPS) is 11.6. The molecule has 0 unspecified atom stereocenters. The highest BCUT2D eigenvalue weighted by Crippen LogP contribution is 2.42. The predicted molar refractivity (Wildman–Crippen MR) is 184 cm³/mol. The fraction of sp³-hybridized carbons (Fsp3) is 0. The van der Waals surface area contributed by atoms with Crippen LogP contribution in [0, 0.1) is 0 Å². The predicted octanol–water partition coefficient (Wildman–Crippen LogP) is 10.7. The van der Waals surface area contributed by atoms with Crippen LogP contribution >= 0.6 is 0 Å². The van der Waals surface area contributed by atoms with Crippen molar-refractivity contribution in [2.75, 3.05) is 0 Å². The van der Waals surface area contributed by atoms with Crippen LogP contribution in [-0.4, -0.2) is 15.0 Å². The molecule has 210 valence electrons. The smallest absolute Gasteiger partial charge is 0.164 e. The average Bonchev–Trinajstić information content (AvgIpc) is 3.50. The minimum atomic E-state index is 0.614. The van der Waals surface area contributed by atoms with E-state index in [0.717, 1.165) is 49.8 Å². The van der Waals surface area contributed by atoms with Crippen molar-refractivity contribution in [2.45, 2.75) is 0 Å². The number of hydrogen-bond acceptors (Lipinski definition) is 4. The lowest BCUT2D eigenvalue weighted by Crippen LogP contribution is -2.01. The van der Waals surface area contributed by atoms with Crippen LogP contribution < -0.4 is 0 Å². The van der Waals surface area contributed by atoms with Gasteiger partial charge in [-0.1, -0.05) is 127 Å². The molecular formula is C41H25N3O. The molecule has 0 saturated heterocycles. The maximum atomic E-state index is 6.31. The van der Waals surface area contributed by atoms with Gasteiger partial charge in [0, 0.05) is 33.0 Å². The molecule has 0 N–H and O–H groups in total. The molecule has 0 atom stereocenters. The lowest BCUT2D eigenvalue weighted by Gasteiger charge is -2.14. The van der Waals surface area contributed by atoms with Crippen molar-refractivity contribution in [3.05, 3.63) is 152 Å². The molecule has 0 fully saturated rings. The summed E-state index contributed by atoms with van der Waals surface area (Å²) < 4.78 is 6.31. The highest BCUT2D eigenvalue weighted by Gasteiger charge is 2.21. The number of furan rings is 1. The summed E-state index contributed by atoms with van der Waals surface area (Å²) in [6.45, 7) is 0. The number of para-hydroxylation sites is 1. The molecule has 7 aromatic carbocycles. The van der Waals surface area contributed by atoms with Crippen molar-refractivity contribution in [1.82, 2.24) is 15.0 Å². The lowest BCUT2D eigenvalue weighted by atomic mass is 9.94. The van der Waals surface area contributed by atoms with Gasteiger partial charge in [0.1, 0.15) is 11.2 Å². The first kappa shape index (κ1) is 25.4. The Bertz CT molecular complexity index is 2540. The Labute approximate surface area is 259 Å². The molecule has 9 aromatic rings. The monoisotopic (exact) mass is 575 g/mol. The highest BCUT2D eigenvalue weighted by molar-refractivity contribution is 6.15. The van der Waals surface area contributed by atoms with Gasteiger partial charge in [0.15, 0.2) is 17.5 Å². The maximum Gasteiger partial charge on any atom is 0.164 e. The molecule has 0 aliphatic rings. The van der Waals surface area contributed by atoms with Gasteiger partial charge in [-0.25, -0.2) is 15.0 Å². The summed E-state index contributed by atoms with van der Waals surface area (Å²) in [5.74, 6) is 1.87. The average molecular weight is 576 g/mol. The van der Waals surface area contributed by atoms with Crippen molar-refractivity contribution < 1.29 is 4.42 Å². The molecule has 0 amide bonds. The summed E-state index contributed by atoms with van der Waals surface area (Å²) in [4.78, 5) is 15.4. The van der Waals surface area contributed by atoms with Crippen LogP contribution in [0.2, 0.25) is 0 Å². The third kappa shape index (κ3) is 4.27. The second kappa shape index (κ2) is 10.2. The Morgan fingerprint density at radius 2 is 0.978 bits per heavy atom. The van der Waals surface area contributed by atoms with E-state index in [2.05, 4.69) is 97.1 Å². The Morgan fingerprint density at radius 3 is 1.78 bits per heavy atom. The number of fused-ring (bicyclic) bond motifs is 6. The number of aromatic nitrogens is 3. The van der Waals surface area contributed by atoms with Gasteiger partial charge in [0.25, 0.3) is 0 Å². The minimum Gasteiger partial charge on any atom is -0.456 e. The van der Waals surface area contributed by atoms with E-state index >= 15 is 0 Å². The summed E-state index contributed by atoms with van der Waals surface area (Å²) in [5.41, 5.74) is 6.60. The molecule has 0 aliphatic heterocycles. The zero-order valence-corrected chi connectivity index (χ0v) is 24.2. The first-order valence-electron chi connectivity index (χ1n) is 15.0. The topological polar surface area (TPSA) is 51.8 Å². The number of hydrogen-bond donors (Lipinski definition) is 0. The second-order valence-corrected chi connectivity index (χ2v) is 11.2. The van der Waals surface area contributed by atoms with Crippen molar-refractivity contribution >= 4 is 43.5 Å². The van der Waals surface area contributed by atoms with Crippen molar-refractivity contribution in [1.29, 1.82) is 0 Å². The van der Waals surface area contributed by atoms with Gasteiger partial charge >= 0.3 is 0 Å². The van der Waals surface area contributed by atoms with E-state index < -0.39 is 0 Å². The van der Waals surface area contributed by atoms with Gasteiger partial charge in [0.05, 0.1) is 0 Å². The molecule has 9 rings (SSSR count).